The number of piperazine rings is 1. The molecule has 2 aromatic carbocycles. The molecular formula is C21H19F2N3O2. The summed E-state index contributed by atoms with van der Waals surface area (Å²) in [6, 6.07) is 10.6. The van der Waals surface area contributed by atoms with Crippen LogP contribution in [0.5, 0.6) is 0 Å². The van der Waals surface area contributed by atoms with Gasteiger partial charge in [0.05, 0.1) is 16.8 Å². The molecule has 7 heteroatoms. The number of hydrogen-bond donors (Lipinski definition) is 0. The van der Waals surface area contributed by atoms with Crippen LogP contribution in [0.15, 0.2) is 48.7 Å². The number of nitrogens with zero attached hydrogens (tertiary/aromatic N) is 3. The zero-order valence-electron chi connectivity index (χ0n) is 15.4. The van der Waals surface area contributed by atoms with Crippen LogP contribution in [0.25, 0.3) is 10.9 Å². The fourth-order valence-electron chi connectivity index (χ4n) is 3.66. The number of aromatic nitrogens is 1. The smallest absolute Gasteiger partial charge is 0.256 e. The van der Waals surface area contributed by atoms with Crippen molar-refractivity contribution in [1.82, 2.24) is 9.47 Å². The normalized spacial score (nSPS) is 14.5. The minimum atomic E-state index is -0.467. The third-order valence-electron chi connectivity index (χ3n) is 5.10. The molecule has 3 aromatic rings. The molecule has 0 N–H and O–H groups in total. The average Bonchev–Trinajstić information content (AvgIpc) is 3.07. The highest BCUT2D eigenvalue weighted by Crippen LogP contribution is 2.25. The summed E-state index contributed by atoms with van der Waals surface area (Å²) in [5.41, 5.74) is 1.27. The van der Waals surface area contributed by atoms with Crippen LogP contribution in [0.4, 0.5) is 14.5 Å². The van der Waals surface area contributed by atoms with E-state index in [1.165, 1.54) is 42.0 Å². The third-order valence-corrected chi connectivity index (χ3v) is 5.10. The molecule has 0 unspecified atom stereocenters. The molecule has 1 fully saturated rings. The summed E-state index contributed by atoms with van der Waals surface area (Å²) < 4.78 is 28.9. The van der Waals surface area contributed by atoms with Gasteiger partial charge in [0.25, 0.3) is 5.91 Å². The summed E-state index contributed by atoms with van der Waals surface area (Å²) in [5, 5.41) is 0.540. The minimum Gasteiger partial charge on any atom is -0.366 e. The molecule has 0 radical (unpaired) electrons. The first-order chi connectivity index (χ1) is 13.5. The lowest BCUT2D eigenvalue weighted by atomic mass is 10.1. The lowest BCUT2D eigenvalue weighted by molar-refractivity contribution is 0.0748. The predicted octanol–water partition coefficient (Wildman–Crippen LogP) is 3.54. The van der Waals surface area contributed by atoms with Gasteiger partial charge in [-0.3, -0.25) is 14.2 Å². The molecule has 0 atom stereocenters. The van der Waals surface area contributed by atoms with E-state index in [0.29, 0.717) is 48.3 Å². The Bertz CT molecular complexity index is 1070. The van der Waals surface area contributed by atoms with Crippen molar-refractivity contribution in [3.8, 4) is 0 Å². The van der Waals surface area contributed by atoms with Crippen LogP contribution in [-0.4, -0.2) is 47.5 Å². The van der Waals surface area contributed by atoms with E-state index in [0.717, 1.165) is 0 Å². The molecule has 4 rings (SSSR count). The van der Waals surface area contributed by atoms with Gasteiger partial charge in [0.15, 0.2) is 0 Å². The lowest BCUT2D eigenvalue weighted by Gasteiger charge is -2.36. The first-order valence-electron chi connectivity index (χ1n) is 9.06. The Hall–Kier alpha value is -3.22. The zero-order valence-corrected chi connectivity index (χ0v) is 15.4. The molecule has 2 heterocycles. The fraction of sp³-hybridized carbons (Fsp3) is 0.238. The monoisotopic (exact) mass is 383 g/mol. The Balaban J connectivity index is 1.58. The molecule has 1 aliphatic rings. The van der Waals surface area contributed by atoms with E-state index in [4.69, 9.17) is 0 Å². The molecule has 1 saturated heterocycles. The number of anilines is 1. The maximum absolute atomic E-state index is 14.0. The maximum Gasteiger partial charge on any atom is 0.256 e. The van der Waals surface area contributed by atoms with Gasteiger partial charge in [-0.25, -0.2) is 8.78 Å². The van der Waals surface area contributed by atoms with Gasteiger partial charge in [-0.05, 0) is 30.3 Å². The summed E-state index contributed by atoms with van der Waals surface area (Å²) in [5.74, 6) is -1.26. The van der Waals surface area contributed by atoms with Crippen LogP contribution in [0.3, 0.4) is 0 Å². The summed E-state index contributed by atoms with van der Waals surface area (Å²) in [6.07, 6.45) is 1.47. The second-order valence-corrected chi connectivity index (χ2v) is 6.82. The molecule has 5 nitrogen and oxygen atoms in total. The van der Waals surface area contributed by atoms with Gasteiger partial charge in [0.1, 0.15) is 11.6 Å². The molecule has 1 aromatic heterocycles. The van der Waals surface area contributed by atoms with E-state index in [2.05, 4.69) is 0 Å². The van der Waals surface area contributed by atoms with Crippen molar-refractivity contribution < 1.29 is 18.4 Å². The van der Waals surface area contributed by atoms with Crippen molar-refractivity contribution in [1.29, 1.82) is 0 Å². The van der Waals surface area contributed by atoms with Crippen LogP contribution in [0, 0.1) is 11.6 Å². The molecule has 28 heavy (non-hydrogen) atoms. The molecular weight excluding hydrogens is 364 g/mol. The van der Waals surface area contributed by atoms with Crippen molar-refractivity contribution >= 4 is 28.4 Å². The van der Waals surface area contributed by atoms with E-state index in [-0.39, 0.29) is 17.6 Å². The summed E-state index contributed by atoms with van der Waals surface area (Å²) in [4.78, 5) is 28.5. The standard InChI is InChI=1S/C21H19F2N3O2/c1-14(27)26-13-17(16-7-6-15(22)12-20(16)26)21(28)25-10-8-24(9-11-25)19-5-3-2-4-18(19)23/h2-7,12-13H,8-11H2,1H3. The van der Waals surface area contributed by atoms with E-state index >= 15 is 0 Å². The number of halogens is 2. The summed E-state index contributed by atoms with van der Waals surface area (Å²) >= 11 is 0. The van der Waals surface area contributed by atoms with Crippen molar-refractivity contribution in [2.75, 3.05) is 31.1 Å². The molecule has 0 spiro atoms. The maximum atomic E-state index is 14.0. The number of hydrogen-bond acceptors (Lipinski definition) is 3. The fourth-order valence-corrected chi connectivity index (χ4v) is 3.66. The lowest BCUT2D eigenvalue weighted by Crippen LogP contribution is -2.49. The Morgan fingerprint density at radius 2 is 1.68 bits per heavy atom. The van der Waals surface area contributed by atoms with Crippen LogP contribution in [-0.2, 0) is 0 Å². The third kappa shape index (κ3) is 3.13. The quantitative estimate of drug-likeness (QED) is 0.680. The number of fused-ring (bicyclic) bond motifs is 1. The molecule has 0 saturated carbocycles. The number of amides is 1. The van der Waals surface area contributed by atoms with Gasteiger partial charge in [0.2, 0.25) is 5.91 Å². The highest BCUT2D eigenvalue weighted by Gasteiger charge is 2.26. The zero-order chi connectivity index (χ0) is 19.8. The number of carbonyl (C=O) groups excluding carboxylic acids is 2. The average molecular weight is 383 g/mol. The second-order valence-electron chi connectivity index (χ2n) is 6.82. The van der Waals surface area contributed by atoms with Gasteiger partial charge in [-0.15, -0.1) is 0 Å². The number of rotatable bonds is 2. The predicted molar refractivity (Wildman–Crippen MR) is 103 cm³/mol. The van der Waals surface area contributed by atoms with Gasteiger partial charge >= 0.3 is 0 Å². The SMILES string of the molecule is CC(=O)n1cc(C(=O)N2CCN(c3ccccc3F)CC2)c2ccc(F)cc21. The molecule has 1 amide bonds. The first-order valence-corrected chi connectivity index (χ1v) is 9.06. The van der Waals surface area contributed by atoms with Crippen LogP contribution in [0.1, 0.15) is 22.1 Å². The van der Waals surface area contributed by atoms with Crippen molar-refractivity contribution in [3.63, 3.8) is 0 Å². The minimum absolute atomic E-state index is 0.218. The number of para-hydroxylation sites is 1. The first kappa shape index (κ1) is 18.2. The van der Waals surface area contributed by atoms with Gasteiger partial charge in [-0.1, -0.05) is 12.1 Å². The topological polar surface area (TPSA) is 45.6 Å². The van der Waals surface area contributed by atoms with E-state index < -0.39 is 5.82 Å². The number of carbonyl (C=O) groups is 2. The molecule has 0 aliphatic carbocycles. The number of benzene rings is 2. The Morgan fingerprint density at radius 1 is 0.964 bits per heavy atom. The van der Waals surface area contributed by atoms with Crippen molar-refractivity contribution in [2.24, 2.45) is 0 Å². The van der Waals surface area contributed by atoms with Crippen LogP contribution in [0.2, 0.25) is 0 Å². The van der Waals surface area contributed by atoms with Gasteiger partial charge < -0.3 is 9.80 Å². The molecule has 0 bridgehead atoms. The Kier molecular flexibility index (Phi) is 4.58. The highest BCUT2D eigenvalue weighted by atomic mass is 19.1. The van der Waals surface area contributed by atoms with Crippen LogP contribution < -0.4 is 4.90 Å². The van der Waals surface area contributed by atoms with E-state index in [1.807, 2.05) is 4.90 Å². The van der Waals surface area contributed by atoms with E-state index in [9.17, 15) is 18.4 Å². The largest absolute Gasteiger partial charge is 0.366 e. The summed E-state index contributed by atoms with van der Waals surface area (Å²) in [7, 11) is 0. The van der Waals surface area contributed by atoms with Crippen LogP contribution >= 0.6 is 0 Å². The Morgan fingerprint density at radius 3 is 2.36 bits per heavy atom. The van der Waals surface area contributed by atoms with Gasteiger partial charge in [-0.2, -0.15) is 0 Å². The summed E-state index contributed by atoms with van der Waals surface area (Å²) in [6.45, 7) is 3.24. The van der Waals surface area contributed by atoms with E-state index in [1.54, 1.807) is 23.1 Å². The van der Waals surface area contributed by atoms with Gasteiger partial charge in [0, 0.05) is 44.7 Å². The highest BCUT2D eigenvalue weighted by molar-refractivity contribution is 6.09. The molecule has 1 aliphatic heterocycles. The molecule has 144 valence electrons. The van der Waals surface area contributed by atoms with Crippen molar-refractivity contribution in [2.45, 2.75) is 6.92 Å². The second kappa shape index (κ2) is 7.07. The Labute approximate surface area is 160 Å². The van der Waals surface area contributed by atoms with Crippen molar-refractivity contribution in [3.05, 3.63) is 65.9 Å².